The monoisotopic (exact) mass is 384 g/mol. The number of nitrogens with zero attached hydrogens (tertiary/aromatic N) is 2. The van der Waals surface area contributed by atoms with Gasteiger partial charge in [-0.3, -0.25) is 4.79 Å². The van der Waals surface area contributed by atoms with E-state index in [1.165, 1.54) is 50.6 Å². The third-order valence-corrected chi connectivity index (χ3v) is 4.58. The second-order valence-electron chi connectivity index (χ2n) is 7.17. The molecule has 0 N–H and O–H groups in total. The molecule has 1 aromatic heterocycles. The van der Waals surface area contributed by atoms with Gasteiger partial charge in [0.05, 0.1) is 18.5 Å². The summed E-state index contributed by atoms with van der Waals surface area (Å²) in [6.45, 7) is 6.61. The molecule has 0 saturated carbocycles. The lowest BCUT2D eigenvalue weighted by atomic mass is 10.0. The zero-order chi connectivity index (χ0) is 20.2. The fourth-order valence-corrected chi connectivity index (χ4v) is 2.95. The first-order chi connectivity index (χ1) is 13.6. The molecule has 5 heteroatoms. The summed E-state index contributed by atoms with van der Waals surface area (Å²) in [7, 11) is 0. The van der Waals surface area contributed by atoms with Crippen LogP contribution in [0, 0.1) is 0 Å². The maximum atomic E-state index is 10.9. The fourth-order valence-electron chi connectivity index (χ4n) is 2.95. The van der Waals surface area contributed by atoms with Crippen LogP contribution in [-0.4, -0.2) is 28.6 Å². The maximum absolute atomic E-state index is 10.9. The van der Waals surface area contributed by atoms with E-state index in [2.05, 4.69) is 35.9 Å². The molecule has 0 bridgehead atoms. The highest BCUT2D eigenvalue weighted by atomic mass is 16.5. The second kappa shape index (κ2) is 12.2. The number of unbranched alkanes of at least 4 members (excludes halogenated alkanes) is 3. The van der Waals surface area contributed by atoms with Gasteiger partial charge < -0.3 is 9.47 Å². The van der Waals surface area contributed by atoms with Gasteiger partial charge in [0.15, 0.2) is 11.6 Å². The van der Waals surface area contributed by atoms with Gasteiger partial charge in [-0.1, -0.05) is 50.5 Å². The second-order valence-corrected chi connectivity index (χ2v) is 7.17. The molecule has 5 nitrogen and oxygen atoms in total. The van der Waals surface area contributed by atoms with E-state index in [1.54, 1.807) is 0 Å². The highest BCUT2D eigenvalue weighted by Gasteiger charge is 2.05. The van der Waals surface area contributed by atoms with Gasteiger partial charge >= 0.3 is 5.97 Å². The Morgan fingerprint density at radius 1 is 1.04 bits per heavy atom. The van der Waals surface area contributed by atoms with Crippen molar-refractivity contribution < 1.29 is 14.3 Å². The van der Waals surface area contributed by atoms with E-state index in [4.69, 9.17) is 9.47 Å². The highest BCUT2D eigenvalue weighted by Crippen LogP contribution is 2.18. The SMILES string of the molecule is CCCCOC(C)CCCCCc1ccc(-c2ncc(OC(C)=O)cn2)cc1. The number of carbonyl (C=O) groups excluding carboxylic acids is 1. The molecule has 2 aromatic rings. The Labute approximate surface area is 168 Å². The van der Waals surface area contributed by atoms with Gasteiger partial charge in [0, 0.05) is 19.1 Å². The summed E-state index contributed by atoms with van der Waals surface area (Å²) in [6, 6.07) is 8.35. The van der Waals surface area contributed by atoms with Gasteiger partial charge in [-0.15, -0.1) is 0 Å². The molecule has 1 unspecified atom stereocenters. The quantitative estimate of drug-likeness (QED) is 0.363. The first-order valence-electron chi connectivity index (χ1n) is 10.3. The first kappa shape index (κ1) is 22.0. The lowest BCUT2D eigenvalue weighted by Gasteiger charge is -2.12. The van der Waals surface area contributed by atoms with Crippen LogP contribution in [0.5, 0.6) is 5.75 Å². The van der Waals surface area contributed by atoms with E-state index in [1.807, 2.05) is 12.1 Å². The third-order valence-electron chi connectivity index (χ3n) is 4.58. The molecule has 0 saturated heterocycles. The molecule has 0 aliphatic carbocycles. The van der Waals surface area contributed by atoms with Crippen LogP contribution in [0.25, 0.3) is 11.4 Å². The number of carbonyl (C=O) groups is 1. The summed E-state index contributed by atoms with van der Waals surface area (Å²) < 4.78 is 10.7. The van der Waals surface area contributed by atoms with Gasteiger partial charge in [-0.2, -0.15) is 0 Å². The molecule has 0 aliphatic heterocycles. The zero-order valence-electron chi connectivity index (χ0n) is 17.3. The molecule has 0 fully saturated rings. The van der Waals surface area contributed by atoms with Crippen LogP contribution in [0.15, 0.2) is 36.7 Å². The molecule has 0 aliphatic rings. The molecular weight excluding hydrogens is 352 g/mol. The zero-order valence-corrected chi connectivity index (χ0v) is 17.3. The number of hydrogen-bond acceptors (Lipinski definition) is 5. The number of benzene rings is 1. The Bertz CT molecular complexity index is 699. The van der Waals surface area contributed by atoms with Crippen molar-refractivity contribution in [2.24, 2.45) is 0 Å². The molecule has 2 rings (SSSR count). The lowest BCUT2D eigenvalue weighted by Crippen LogP contribution is -2.08. The predicted molar refractivity (Wildman–Crippen MR) is 111 cm³/mol. The Kier molecular flexibility index (Phi) is 9.63. The summed E-state index contributed by atoms with van der Waals surface area (Å²) >= 11 is 0. The van der Waals surface area contributed by atoms with Crippen molar-refractivity contribution in [2.45, 2.75) is 71.8 Å². The Balaban J connectivity index is 1.70. The van der Waals surface area contributed by atoms with Crippen LogP contribution >= 0.6 is 0 Å². The minimum Gasteiger partial charge on any atom is -0.423 e. The van der Waals surface area contributed by atoms with Crippen molar-refractivity contribution in [1.82, 2.24) is 9.97 Å². The van der Waals surface area contributed by atoms with Crippen molar-refractivity contribution in [1.29, 1.82) is 0 Å². The molecule has 0 amide bonds. The molecule has 1 heterocycles. The number of aromatic nitrogens is 2. The number of esters is 1. The topological polar surface area (TPSA) is 61.3 Å². The summed E-state index contributed by atoms with van der Waals surface area (Å²) in [6.07, 6.45) is 11.6. The molecular formula is C23H32N2O3. The van der Waals surface area contributed by atoms with Crippen molar-refractivity contribution in [3.8, 4) is 17.1 Å². The Hall–Kier alpha value is -2.27. The lowest BCUT2D eigenvalue weighted by molar-refractivity contribution is -0.131. The largest absolute Gasteiger partial charge is 0.423 e. The number of ether oxygens (including phenoxy) is 2. The van der Waals surface area contributed by atoms with E-state index >= 15 is 0 Å². The van der Waals surface area contributed by atoms with Gasteiger partial charge in [0.1, 0.15) is 0 Å². The molecule has 0 radical (unpaired) electrons. The molecule has 1 atom stereocenters. The highest BCUT2D eigenvalue weighted by molar-refractivity contribution is 5.69. The normalized spacial score (nSPS) is 12.0. The number of aryl methyl sites for hydroxylation is 1. The van der Waals surface area contributed by atoms with Crippen molar-refractivity contribution in [3.63, 3.8) is 0 Å². The molecule has 28 heavy (non-hydrogen) atoms. The Morgan fingerprint density at radius 3 is 2.39 bits per heavy atom. The van der Waals surface area contributed by atoms with Crippen molar-refractivity contribution >= 4 is 5.97 Å². The van der Waals surface area contributed by atoms with E-state index in [0.717, 1.165) is 31.4 Å². The standard InChI is InChI=1S/C23H32N2O3/c1-4-5-15-27-18(2)9-7-6-8-10-20-11-13-21(14-12-20)23-24-16-22(17-25-23)28-19(3)26/h11-14,16-18H,4-10,15H2,1-3H3. The van der Waals surface area contributed by atoms with Crippen LogP contribution < -0.4 is 4.74 Å². The maximum Gasteiger partial charge on any atom is 0.308 e. The summed E-state index contributed by atoms with van der Waals surface area (Å²) in [5, 5.41) is 0. The van der Waals surface area contributed by atoms with Crippen LogP contribution in [0.1, 0.15) is 64.9 Å². The minimum atomic E-state index is -0.376. The van der Waals surface area contributed by atoms with Crippen molar-refractivity contribution in [3.05, 3.63) is 42.2 Å². The fraction of sp³-hybridized carbons (Fsp3) is 0.522. The average Bonchev–Trinajstić information content (AvgIpc) is 2.69. The number of hydrogen-bond donors (Lipinski definition) is 0. The smallest absolute Gasteiger partial charge is 0.308 e. The molecule has 0 spiro atoms. The third kappa shape index (κ3) is 8.17. The minimum absolute atomic E-state index is 0.359. The van der Waals surface area contributed by atoms with E-state index < -0.39 is 0 Å². The summed E-state index contributed by atoms with van der Waals surface area (Å²) in [5.74, 6) is 0.608. The van der Waals surface area contributed by atoms with Crippen LogP contribution in [-0.2, 0) is 16.0 Å². The van der Waals surface area contributed by atoms with Crippen LogP contribution in [0.4, 0.5) is 0 Å². The van der Waals surface area contributed by atoms with E-state index in [-0.39, 0.29) is 5.97 Å². The Morgan fingerprint density at radius 2 is 1.75 bits per heavy atom. The van der Waals surface area contributed by atoms with Crippen LogP contribution in [0.3, 0.4) is 0 Å². The first-order valence-corrected chi connectivity index (χ1v) is 10.3. The number of rotatable bonds is 12. The van der Waals surface area contributed by atoms with Gasteiger partial charge in [0.2, 0.25) is 0 Å². The predicted octanol–water partition coefficient (Wildman–Crippen LogP) is 5.38. The van der Waals surface area contributed by atoms with Gasteiger partial charge in [0.25, 0.3) is 0 Å². The van der Waals surface area contributed by atoms with Gasteiger partial charge in [-0.05, 0) is 38.2 Å². The van der Waals surface area contributed by atoms with Crippen LogP contribution in [0.2, 0.25) is 0 Å². The average molecular weight is 385 g/mol. The van der Waals surface area contributed by atoms with E-state index in [9.17, 15) is 4.79 Å². The summed E-state index contributed by atoms with van der Waals surface area (Å²) in [5.41, 5.74) is 2.28. The molecule has 152 valence electrons. The van der Waals surface area contributed by atoms with Gasteiger partial charge in [-0.25, -0.2) is 9.97 Å². The molecule has 1 aromatic carbocycles. The van der Waals surface area contributed by atoms with E-state index in [0.29, 0.717) is 17.7 Å². The van der Waals surface area contributed by atoms with Crippen molar-refractivity contribution in [2.75, 3.05) is 6.61 Å². The summed E-state index contributed by atoms with van der Waals surface area (Å²) in [4.78, 5) is 19.5.